The standard InChI is InChI=1S/C20H17N5O/c1-2-22-20(26)25-13-17(19(24-25)14-7-10-21-11-8-14)15-9-12-23-18-6-4-3-5-16(15)18/h3-13H,2H2,1H3,(H,22,26). The van der Waals surface area contributed by atoms with Crippen molar-refractivity contribution in [3.05, 3.63) is 67.3 Å². The van der Waals surface area contributed by atoms with Crippen molar-refractivity contribution in [3.63, 3.8) is 0 Å². The van der Waals surface area contributed by atoms with Gasteiger partial charge in [-0.2, -0.15) is 9.78 Å². The zero-order chi connectivity index (χ0) is 17.9. The molecule has 26 heavy (non-hydrogen) atoms. The van der Waals surface area contributed by atoms with E-state index in [2.05, 4.69) is 20.4 Å². The van der Waals surface area contributed by atoms with Crippen molar-refractivity contribution in [3.8, 4) is 22.4 Å². The second-order valence-electron chi connectivity index (χ2n) is 5.78. The maximum atomic E-state index is 12.3. The molecule has 0 aliphatic rings. The van der Waals surface area contributed by atoms with Crippen LogP contribution in [0.4, 0.5) is 4.79 Å². The van der Waals surface area contributed by atoms with Crippen LogP contribution in [0.5, 0.6) is 0 Å². The summed E-state index contributed by atoms with van der Waals surface area (Å²) in [5.74, 6) is 0. The van der Waals surface area contributed by atoms with Crippen LogP contribution >= 0.6 is 0 Å². The van der Waals surface area contributed by atoms with Gasteiger partial charge in [0.25, 0.3) is 0 Å². The number of amides is 1. The molecule has 4 rings (SSSR count). The fourth-order valence-electron chi connectivity index (χ4n) is 2.96. The number of hydrogen-bond acceptors (Lipinski definition) is 4. The summed E-state index contributed by atoms with van der Waals surface area (Å²) < 4.78 is 1.35. The van der Waals surface area contributed by atoms with Crippen LogP contribution in [0.2, 0.25) is 0 Å². The Hall–Kier alpha value is -3.54. The van der Waals surface area contributed by atoms with Crippen molar-refractivity contribution in [2.75, 3.05) is 6.54 Å². The van der Waals surface area contributed by atoms with E-state index in [1.807, 2.05) is 49.4 Å². The van der Waals surface area contributed by atoms with E-state index in [4.69, 9.17) is 0 Å². The van der Waals surface area contributed by atoms with E-state index in [0.29, 0.717) is 6.54 Å². The summed E-state index contributed by atoms with van der Waals surface area (Å²) in [6.07, 6.45) is 6.98. The van der Waals surface area contributed by atoms with E-state index in [9.17, 15) is 4.79 Å². The lowest BCUT2D eigenvalue weighted by atomic mass is 9.99. The Kier molecular flexibility index (Phi) is 4.15. The first-order valence-corrected chi connectivity index (χ1v) is 8.40. The monoisotopic (exact) mass is 343 g/mol. The number of carbonyl (C=O) groups is 1. The molecule has 0 saturated carbocycles. The van der Waals surface area contributed by atoms with Crippen LogP contribution in [0, 0.1) is 0 Å². The predicted octanol–water partition coefficient (Wildman–Crippen LogP) is 3.74. The zero-order valence-corrected chi connectivity index (χ0v) is 14.3. The molecule has 6 heteroatoms. The minimum Gasteiger partial charge on any atom is -0.336 e. The Balaban J connectivity index is 1.96. The average Bonchev–Trinajstić information content (AvgIpc) is 3.14. The van der Waals surface area contributed by atoms with Crippen LogP contribution in [0.15, 0.2) is 67.3 Å². The molecule has 0 radical (unpaired) electrons. The maximum absolute atomic E-state index is 12.3. The third kappa shape index (κ3) is 2.82. The number of nitrogens with one attached hydrogen (secondary N) is 1. The van der Waals surface area contributed by atoms with Crippen LogP contribution in [0.3, 0.4) is 0 Å². The number of fused-ring (bicyclic) bond motifs is 1. The first-order valence-electron chi connectivity index (χ1n) is 8.40. The third-order valence-corrected chi connectivity index (χ3v) is 4.14. The highest BCUT2D eigenvalue weighted by Crippen LogP contribution is 2.34. The van der Waals surface area contributed by atoms with Crippen molar-refractivity contribution in [1.29, 1.82) is 0 Å². The third-order valence-electron chi connectivity index (χ3n) is 4.14. The van der Waals surface area contributed by atoms with Crippen molar-refractivity contribution in [1.82, 2.24) is 25.1 Å². The molecular weight excluding hydrogens is 326 g/mol. The molecule has 6 nitrogen and oxygen atoms in total. The molecule has 0 atom stereocenters. The summed E-state index contributed by atoms with van der Waals surface area (Å²) in [5, 5.41) is 8.33. The van der Waals surface area contributed by atoms with Crippen LogP contribution < -0.4 is 5.32 Å². The number of hydrogen-bond donors (Lipinski definition) is 1. The van der Waals surface area contributed by atoms with Crippen molar-refractivity contribution in [2.45, 2.75) is 6.92 Å². The van der Waals surface area contributed by atoms with Gasteiger partial charge in [0.2, 0.25) is 0 Å². The summed E-state index contributed by atoms with van der Waals surface area (Å²) in [6, 6.07) is 13.4. The van der Waals surface area contributed by atoms with Gasteiger partial charge in [0.15, 0.2) is 0 Å². The average molecular weight is 343 g/mol. The molecule has 0 bridgehead atoms. The van der Waals surface area contributed by atoms with Gasteiger partial charge in [-0.3, -0.25) is 9.97 Å². The lowest BCUT2D eigenvalue weighted by Crippen LogP contribution is -2.28. The number of benzene rings is 1. The molecule has 0 spiro atoms. The molecule has 0 aliphatic heterocycles. The van der Waals surface area contributed by atoms with Crippen molar-refractivity contribution < 1.29 is 4.79 Å². The van der Waals surface area contributed by atoms with E-state index in [0.717, 1.165) is 33.3 Å². The van der Waals surface area contributed by atoms with E-state index in [1.54, 1.807) is 24.8 Å². The Morgan fingerprint density at radius 2 is 1.85 bits per heavy atom. The number of nitrogens with zero attached hydrogens (tertiary/aromatic N) is 4. The van der Waals surface area contributed by atoms with Crippen molar-refractivity contribution in [2.24, 2.45) is 0 Å². The van der Waals surface area contributed by atoms with Gasteiger partial charge in [-0.1, -0.05) is 18.2 Å². The molecule has 0 unspecified atom stereocenters. The molecule has 0 aliphatic carbocycles. The fraction of sp³-hybridized carbons (Fsp3) is 0.100. The van der Waals surface area contributed by atoms with Crippen LogP contribution in [0.25, 0.3) is 33.3 Å². The fourth-order valence-corrected chi connectivity index (χ4v) is 2.96. The highest BCUT2D eigenvalue weighted by molar-refractivity contribution is 5.98. The SMILES string of the molecule is CCNC(=O)n1cc(-c2ccnc3ccccc23)c(-c2ccncc2)n1. The molecular formula is C20H17N5O. The lowest BCUT2D eigenvalue weighted by Gasteiger charge is -2.06. The van der Waals surface area contributed by atoms with Crippen LogP contribution in [-0.4, -0.2) is 32.3 Å². The highest BCUT2D eigenvalue weighted by atomic mass is 16.2. The zero-order valence-electron chi connectivity index (χ0n) is 14.3. The lowest BCUT2D eigenvalue weighted by molar-refractivity contribution is 0.240. The largest absolute Gasteiger partial charge is 0.342 e. The number of aromatic nitrogens is 4. The quantitative estimate of drug-likeness (QED) is 0.615. The summed E-state index contributed by atoms with van der Waals surface area (Å²) in [6.45, 7) is 2.42. The van der Waals surface area contributed by atoms with Gasteiger partial charge in [0, 0.05) is 47.8 Å². The smallest absolute Gasteiger partial charge is 0.336 e. The van der Waals surface area contributed by atoms with Gasteiger partial charge in [-0.25, -0.2) is 4.79 Å². The normalized spacial score (nSPS) is 10.8. The van der Waals surface area contributed by atoms with Crippen molar-refractivity contribution >= 4 is 16.9 Å². The van der Waals surface area contributed by atoms with Gasteiger partial charge in [0.05, 0.1) is 5.52 Å². The van der Waals surface area contributed by atoms with E-state index >= 15 is 0 Å². The number of para-hydroxylation sites is 1. The molecule has 1 amide bonds. The summed E-state index contributed by atoms with van der Waals surface area (Å²) in [7, 11) is 0. The summed E-state index contributed by atoms with van der Waals surface area (Å²) in [5.41, 5.74) is 4.39. The molecule has 1 aromatic carbocycles. The van der Waals surface area contributed by atoms with Crippen LogP contribution in [0.1, 0.15) is 6.92 Å². The maximum Gasteiger partial charge on any atom is 0.342 e. The summed E-state index contributed by atoms with van der Waals surface area (Å²) in [4.78, 5) is 20.8. The first kappa shape index (κ1) is 16.0. The Morgan fingerprint density at radius 1 is 1.04 bits per heavy atom. The molecule has 0 fully saturated rings. The molecule has 128 valence electrons. The van der Waals surface area contributed by atoms with Crippen LogP contribution in [-0.2, 0) is 0 Å². The van der Waals surface area contributed by atoms with E-state index in [1.165, 1.54) is 4.68 Å². The second-order valence-corrected chi connectivity index (χ2v) is 5.78. The van der Waals surface area contributed by atoms with Gasteiger partial charge in [0.1, 0.15) is 5.69 Å². The highest BCUT2D eigenvalue weighted by Gasteiger charge is 2.18. The number of rotatable bonds is 3. The van der Waals surface area contributed by atoms with E-state index < -0.39 is 0 Å². The number of pyridine rings is 2. The molecule has 4 aromatic rings. The van der Waals surface area contributed by atoms with Gasteiger partial charge in [-0.15, -0.1) is 0 Å². The Bertz CT molecular complexity index is 1070. The second kappa shape index (κ2) is 6.76. The molecule has 3 aromatic heterocycles. The minimum atomic E-state index is -0.257. The Labute approximate surface area is 150 Å². The van der Waals surface area contributed by atoms with Gasteiger partial charge < -0.3 is 5.32 Å². The predicted molar refractivity (Wildman–Crippen MR) is 101 cm³/mol. The van der Waals surface area contributed by atoms with Gasteiger partial charge >= 0.3 is 6.03 Å². The molecule has 1 N–H and O–H groups in total. The first-order chi connectivity index (χ1) is 12.8. The minimum absolute atomic E-state index is 0.257. The number of carbonyl (C=O) groups excluding carboxylic acids is 1. The Morgan fingerprint density at radius 3 is 2.65 bits per heavy atom. The molecule has 3 heterocycles. The topological polar surface area (TPSA) is 72.7 Å². The van der Waals surface area contributed by atoms with E-state index in [-0.39, 0.29) is 6.03 Å². The van der Waals surface area contributed by atoms with Gasteiger partial charge in [-0.05, 0) is 36.8 Å². The molecule has 0 saturated heterocycles. The summed E-state index contributed by atoms with van der Waals surface area (Å²) >= 11 is 0.